The van der Waals surface area contributed by atoms with Crippen LogP contribution >= 0.6 is 0 Å². The number of rotatable bonds is 18. The lowest BCUT2D eigenvalue weighted by Crippen LogP contribution is -2.43. The number of pyridine rings is 1. The smallest absolute Gasteiger partial charge is 0.430 e. The molecule has 1 aliphatic rings. The van der Waals surface area contributed by atoms with Gasteiger partial charge in [0.1, 0.15) is 12.5 Å². The van der Waals surface area contributed by atoms with E-state index >= 15 is 0 Å². The summed E-state index contributed by atoms with van der Waals surface area (Å²) in [6.45, 7) is 10.8. The van der Waals surface area contributed by atoms with Crippen molar-refractivity contribution in [3.8, 4) is 0 Å². The number of carboxylic acids is 1. The SMILES string of the molecule is CCCCCCCCCCc1c(C)c(CCCCCCCCCC)c2[n+](c1C)CCCCC2.O=C([O-])C(F)(F)F. The second-order valence-electron chi connectivity index (χ2n) is 11.8. The van der Waals surface area contributed by atoms with Crippen molar-refractivity contribution in [2.45, 2.75) is 182 Å². The highest BCUT2D eigenvalue weighted by atomic mass is 19.4. The number of hydrogen-bond donors (Lipinski definition) is 0. The Labute approximate surface area is 243 Å². The van der Waals surface area contributed by atoms with E-state index in [-0.39, 0.29) is 0 Å². The van der Waals surface area contributed by atoms with Crippen molar-refractivity contribution in [3.05, 3.63) is 28.1 Å². The lowest BCUT2D eigenvalue weighted by molar-refractivity contribution is -0.709. The predicted molar refractivity (Wildman–Crippen MR) is 157 cm³/mol. The first-order valence-corrected chi connectivity index (χ1v) is 16.5. The number of carbonyl (C=O) groups is 1. The Bertz CT molecular complexity index is 836. The highest BCUT2D eigenvalue weighted by molar-refractivity contribution is 5.70. The molecule has 3 nitrogen and oxygen atoms in total. The molecule has 0 saturated heterocycles. The van der Waals surface area contributed by atoms with E-state index in [0.29, 0.717) is 0 Å². The molecule has 232 valence electrons. The molecule has 0 aliphatic carbocycles. The molecule has 0 bridgehead atoms. The van der Waals surface area contributed by atoms with Crippen molar-refractivity contribution in [2.24, 2.45) is 0 Å². The van der Waals surface area contributed by atoms with Crippen molar-refractivity contribution in [3.63, 3.8) is 0 Å². The minimum atomic E-state index is -5.19. The van der Waals surface area contributed by atoms with Crippen LogP contribution in [0.5, 0.6) is 0 Å². The van der Waals surface area contributed by atoms with E-state index < -0.39 is 12.1 Å². The van der Waals surface area contributed by atoms with Crippen LogP contribution in [0, 0.1) is 13.8 Å². The number of hydrogen-bond acceptors (Lipinski definition) is 2. The second kappa shape index (κ2) is 21.2. The van der Waals surface area contributed by atoms with Gasteiger partial charge < -0.3 is 9.90 Å². The summed E-state index contributed by atoms with van der Waals surface area (Å²) in [6, 6.07) is 0. The zero-order chi connectivity index (χ0) is 29.8. The Hall–Kier alpha value is -1.59. The van der Waals surface area contributed by atoms with E-state index in [1.54, 1.807) is 28.1 Å². The van der Waals surface area contributed by atoms with Crippen molar-refractivity contribution >= 4 is 5.97 Å². The van der Waals surface area contributed by atoms with E-state index in [1.807, 2.05) is 0 Å². The number of carboxylic acid groups (broad SMARTS) is 1. The summed E-state index contributed by atoms with van der Waals surface area (Å²) in [6.07, 6.45) is 25.6. The highest BCUT2D eigenvalue weighted by Crippen LogP contribution is 2.26. The normalized spacial score (nSPS) is 13.4. The minimum Gasteiger partial charge on any atom is -0.542 e. The highest BCUT2D eigenvalue weighted by Gasteiger charge is 2.29. The van der Waals surface area contributed by atoms with E-state index in [4.69, 9.17) is 9.90 Å². The molecular formula is C34H58F3NO2. The molecule has 1 aromatic rings. The van der Waals surface area contributed by atoms with Gasteiger partial charge in [-0.25, -0.2) is 0 Å². The zero-order valence-corrected chi connectivity index (χ0v) is 26.2. The topological polar surface area (TPSA) is 44.0 Å². The van der Waals surface area contributed by atoms with Crippen LogP contribution in [0.15, 0.2) is 0 Å². The quantitative estimate of drug-likeness (QED) is 0.131. The first-order chi connectivity index (χ1) is 19.1. The van der Waals surface area contributed by atoms with Crippen LogP contribution in [0.25, 0.3) is 0 Å². The molecular weight excluding hydrogens is 511 g/mol. The van der Waals surface area contributed by atoms with E-state index in [1.165, 1.54) is 148 Å². The Morgan fingerprint density at radius 2 is 1.12 bits per heavy atom. The maximum Gasteiger partial charge on any atom is 0.430 e. The number of aromatic nitrogens is 1. The summed E-state index contributed by atoms with van der Waals surface area (Å²) in [5, 5.41) is 8.78. The van der Waals surface area contributed by atoms with Crippen molar-refractivity contribution in [1.29, 1.82) is 0 Å². The Morgan fingerprint density at radius 3 is 1.57 bits per heavy atom. The van der Waals surface area contributed by atoms with E-state index in [0.717, 1.165) is 0 Å². The van der Waals surface area contributed by atoms with Gasteiger partial charge in [0.15, 0.2) is 11.4 Å². The molecule has 6 heteroatoms. The molecule has 0 radical (unpaired) electrons. The first kappa shape index (κ1) is 36.4. The van der Waals surface area contributed by atoms with Crippen molar-refractivity contribution < 1.29 is 27.6 Å². The lowest BCUT2D eigenvalue weighted by atomic mass is 9.90. The third-order valence-electron chi connectivity index (χ3n) is 8.51. The molecule has 0 amide bonds. The molecule has 1 aromatic heterocycles. The Kier molecular flexibility index (Phi) is 19.3. The number of unbranched alkanes of at least 4 members (excludes halogenated alkanes) is 14. The van der Waals surface area contributed by atoms with E-state index in [9.17, 15) is 13.2 Å². The van der Waals surface area contributed by atoms with Crippen LogP contribution < -0.4 is 9.67 Å². The van der Waals surface area contributed by atoms with Crippen LogP contribution in [0.3, 0.4) is 0 Å². The van der Waals surface area contributed by atoms with Gasteiger partial charge in [-0.15, -0.1) is 0 Å². The van der Waals surface area contributed by atoms with Gasteiger partial charge in [0.2, 0.25) is 0 Å². The number of halogens is 3. The Morgan fingerprint density at radius 1 is 0.700 bits per heavy atom. The van der Waals surface area contributed by atoms with Gasteiger partial charge >= 0.3 is 6.18 Å². The fourth-order valence-electron chi connectivity index (χ4n) is 6.10. The molecule has 2 heterocycles. The third kappa shape index (κ3) is 14.3. The molecule has 0 aromatic carbocycles. The number of fused-ring (bicyclic) bond motifs is 1. The van der Waals surface area contributed by atoms with Gasteiger partial charge in [0.05, 0.1) is 0 Å². The average molecular weight is 570 g/mol. The largest absolute Gasteiger partial charge is 0.542 e. The standard InChI is InChI=1S/C32H58N.C2HF3O2/c1-5-7-9-11-13-15-17-20-24-30-28(3)31(25-21-18-16-14-12-10-8-6-2)32-26-22-19-23-27-33(32)29(30)4;3-2(4,5)1(6)7/h5-27H2,1-4H3;(H,6,7)/q+1;/p-1. The summed E-state index contributed by atoms with van der Waals surface area (Å²) >= 11 is 0. The van der Waals surface area contributed by atoms with Crippen molar-refractivity contribution in [2.75, 3.05) is 0 Å². The predicted octanol–water partition coefficient (Wildman–Crippen LogP) is 8.98. The number of nitrogens with zero attached hydrogens (tertiary/aromatic N) is 1. The van der Waals surface area contributed by atoms with Gasteiger partial charge in [0, 0.05) is 30.9 Å². The molecule has 1 aliphatic heterocycles. The van der Waals surface area contributed by atoms with Crippen LogP contribution in [0.4, 0.5) is 13.2 Å². The summed E-state index contributed by atoms with van der Waals surface area (Å²) in [5.74, 6) is -3.01. The number of carbonyl (C=O) groups excluding carboxylic acids is 1. The minimum absolute atomic E-state index is 1.26. The first-order valence-electron chi connectivity index (χ1n) is 16.5. The molecule has 0 atom stereocenters. The van der Waals surface area contributed by atoms with Gasteiger partial charge in [-0.1, -0.05) is 104 Å². The molecule has 0 unspecified atom stereocenters. The van der Waals surface area contributed by atoms with Gasteiger partial charge in [-0.2, -0.15) is 17.7 Å². The lowest BCUT2D eigenvalue weighted by Gasteiger charge is -2.18. The van der Waals surface area contributed by atoms with Gasteiger partial charge in [0.25, 0.3) is 0 Å². The third-order valence-corrected chi connectivity index (χ3v) is 8.51. The maximum atomic E-state index is 10.5. The molecule has 0 spiro atoms. The summed E-state index contributed by atoms with van der Waals surface area (Å²) in [7, 11) is 0. The van der Waals surface area contributed by atoms with E-state index in [2.05, 4.69) is 32.3 Å². The molecule has 0 N–H and O–H groups in total. The van der Waals surface area contributed by atoms with Crippen LogP contribution in [0.1, 0.15) is 164 Å². The average Bonchev–Trinajstić information content (AvgIpc) is 3.16. The molecule has 0 saturated carbocycles. The molecule has 40 heavy (non-hydrogen) atoms. The fraction of sp³-hybridized carbons (Fsp3) is 0.824. The van der Waals surface area contributed by atoms with Gasteiger partial charge in [-0.05, 0) is 51.0 Å². The number of alkyl halides is 3. The Balaban J connectivity index is 0.00000101. The summed E-state index contributed by atoms with van der Waals surface area (Å²) < 4.78 is 34.3. The van der Waals surface area contributed by atoms with Crippen LogP contribution in [-0.4, -0.2) is 12.1 Å². The summed E-state index contributed by atoms with van der Waals surface area (Å²) in [4.78, 5) is 8.78. The van der Waals surface area contributed by atoms with Crippen LogP contribution in [-0.2, 0) is 30.6 Å². The van der Waals surface area contributed by atoms with Crippen molar-refractivity contribution in [1.82, 2.24) is 0 Å². The number of aliphatic carboxylic acids is 1. The monoisotopic (exact) mass is 569 g/mol. The molecule has 2 rings (SSSR count). The maximum absolute atomic E-state index is 10.5. The second-order valence-corrected chi connectivity index (χ2v) is 11.8. The molecule has 0 fully saturated rings. The van der Waals surface area contributed by atoms with Crippen LogP contribution in [0.2, 0.25) is 0 Å². The van der Waals surface area contributed by atoms with Gasteiger partial charge in [-0.3, -0.25) is 0 Å². The zero-order valence-electron chi connectivity index (χ0n) is 26.2. The fourth-order valence-corrected chi connectivity index (χ4v) is 6.10. The summed E-state index contributed by atoms with van der Waals surface area (Å²) in [5.41, 5.74) is 8.45.